The van der Waals surface area contributed by atoms with Gasteiger partial charge in [0.2, 0.25) is 0 Å². The molecule has 1 aromatic carbocycles. The van der Waals surface area contributed by atoms with Gasteiger partial charge in [0, 0.05) is 25.7 Å². The van der Waals surface area contributed by atoms with Gasteiger partial charge in [-0.1, -0.05) is 6.07 Å². The number of aromatic nitrogens is 2. The third-order valence-electron chi connectivity index (χ3n) is 6.90. The van der Waals surface area contributed by atoms with Crippen molar-refractivity contribution in [2.75, 3.05) is 24.4 Å². The van der Waals surface area contributed by atoms with E-state index in [1.165, 1.54) is 32.8 Å². The fourth-order valence-electron chi connectivity index (χ4n) is 5.04. The summed E-state index contributed by atoms with van der Waals surface area (Å²) in [7, 11) is -0.399. The minimum Gasteiger partial charge on any atom is -0.861 e. The molecular weight excluding hydrogens is 414 g/mol. The van der Waals surface area contributed by atoms with Crippen molar-refractivity contribution < 1.29 is 13.5 Å². The third kappa shape index (κ3) is 3.74. The molecule has 31 heavy (non-hydrogen) atoms. The lowest BCUT2D eigenvalue weighted by Gasteiger charge is -2.36. The number of hydrogen-bond acceptors (Lipinski definition) is 5. The van der Waals surface area contributed by atoms with E-state index in [0.29, 0.717) is 18.5 Å². The standard InChI is InChI=1S/C22H29N5O3S/c1-25-9-7-17(8-10-25)27(18-13-23-26(2)14-18)31(29,30)24-22(28)12-21-19-5-3-15(19)11-16-4-6-20(16)21/h11,13-14,17H,3-10,12H2,1-2H3,(H,24,28)/p-1. The molecule has 0 radical (unpaired) electrons. The van der Waals surface area contributed by atoms with Crippen LogP contribution in [0.5, 0.6) is 0 Å². The lowest BCUT2D eigenvalue weighted by molar-refractivity contribution is -0.217. The summed E-state index contributed by atoms with van der Waals surface area (Å²) < 4.78 is 33.3. The predicted molar refractivity (Wildman–Crippen MR) is 118 cm³/mol. The maximum absolute atomic E-state index is 13.3. The Hall–Kier alpha value is -2.39. The lowest BCUT2D eigenvalue weighted by atomic mass is 9.73. The molecule has 0 spiro atoms. The number of benzene rings is 1. The number of nitrogens with zero attached hydrogens (tertiary/aromatic N) is 5. The second-order valence-electron chi connectivity index (χ2n) is 8.97. The van der Waals surface area contributed by atoms with Crippen LogP contribution in [0.4, 0.5) is 5.69 Å². The Balaban J connectivity index is 1.45. The van der Waals surface area contributed by atoms with Gasteiger partial charge in [0.05, 0.1) is 11.9 Å². The summed E-state index contributed by atoms with van der Waals surface area (Å²) >= 11 is 0. The van der Waals surface area contributed by atoms with Gasteiger partial charge in [-0.2, -0.15) is 17.9 Å². The van der Waals surface area contributed by atoms with E-state index in [4.69, 9.17) is 0 Å². The monoisotopic (exact) mass is 442 g/mol. The maximum atomic E-state index is 13.3. The summed E-state index contributed by atoms with van der Waals surface area (Å²) in [5.74, 6) is -0.587. The van der Waals surface area contributed by atoms with Crippen molar-refractivity contribution in [1.82, 2.24) is 14.7 Å². The molecule has 0 N–H and O–H groups in total. The largest absolute Gasteiger partial charge is 0.861 e. The topological polar surface area (TPSA) is 93.9 Å². The molecule has 0 amide bonds. The maximum Gasteiger partial charge on any atom is 0.344 e. The molecule has 1 aliphatic heterocycles. The summed E-state index contributed by atoms with van der Waals surface area (Å²) in [4.78, 5) is 2.18. The highest BCUT2D eigenvalue weighted by Crippen LogP contribution is 2.37. The Kier molecular flexibility index (Phi) is 5.05. The van der Waals surface area contributed by atoms with E-state index in [2.05, 4.69) is 20.5 Å². The van der Waals surface area contributed by atoms with E-state index < -0.39 is 16.1 Å². The normalized spacial score (nSPS) is 19.4. The second kappa shape index (κ2) is 7.63. The molecule has 0 atom stereocenters. The number of aryl methyl sites for hydroxylation is 3. The minimum atomic E-state index is -4.17. The second-order valence-corrected chi connectivity index (χ2v) is 10.4. The number of fused-ring (bicyclic) bond motifs is 2. The number of rotatable bonds is 6. The van der Waals surface area contributed by atoms with Gasteiger partial charge in [-0.15, -0.1) is 0 Å². The highest BCUT2D eigenvalue weighted by Gasteiger charge is 2.33. The molecule has 3 aliphatic rings. The van der Waals surface area contributed by atoms with Crippen LogP contribution in [0.15, 0.2) is 22.9 Å². The first-order valence-electron chi connectivity index (χ1n) is 10.9. The molecule has 2 heterocycles. The molecule has 0 unspecified atom stereocenters. The fraction of sp³-hybridized carbons (Fsp3) is 0.545. The summed E-state index contributed by atoms with van der Waals surface area (Å²) in [6.45, 7) is 1.60. The van der Waals surface area contributed by atoms with E-state index in [1.807, 2.05) is 7.05 Å². The van der Waals surface area contributed by atoms with Crippen LogP contribution < -0.4 is 9.41 Å². The molecule has 9 heteroatoms. The molecule has 1 aromatic heterocycles. The quantitative estimate of drug-likeness (QED) is 0.486. The fourth-order valence-corrected chi connectivity index (χ4v) is 6.40. The first-order chi connectivity index (χ1) is 14.8. The molecule has 1 saturated heterocycles. The number of piperidine rings is 1. The molecule has 2 aromatic rings. The molecule has 2 aliphatic carbocycles. The molecule has 5 rings (SSSR count). The van der Waals surface area contributed by atoms with Gasteiger partial charge in [-0.3, -0.25) is 4.68 Å². The van der Waals surface area contributed by atoms with Crippen LogP contribution in [0.1, 0.15) is 40.7 Å². The van der Waals surface area contributed by atoms with Crippen molar-refractivity contribution in [3.8, 4) is 0 Å². The van der Waals surface area contributed by atoms with E-state index in [1.54, 1.807) is 17.9 Å². The van der Waals surface area contributed by atoms with Crippen LogP contribution in [0, 0.1) is 0 Å². The summed E-state index contributed by atoms with van der Waals surface area (Å²) in [5, 5.41) is 17.0. The smallest absolute Gasteiger partial charge is 0.344 e. The molecule has 1 fully saturated rings. The van der Waals surface area contributed by atoms with Gasteiger partial charge in [0.1, 0.15) is 0 Å². The van der Waals surface area contributed by atoms with E-state index >= 15 is 0 Å². The van der Waals surface area contributed by atoms with Crippen molar-refractivity contribution in [1.29, 1.82) is 0 Å². The molecule has 8 nitrogen and oxygen atoms in total. The summed E-state index contributed by atoms with van der Waals surface area (Å²) in [6.07, 6.45) is 8.66. The number of anilines is 1. The zero-order valence-electron chi connectivity index (χ0n) is 18.0. The van der Waals surface area contributed by atoms with Crippen molar-refractivity contribution in [2.45, 2.75) is 51.0 Å². The molecule has 166 valence electrons. The number of likely N-dealkylation sites (tertiary alicyclic amines) is 1. The lowest BCUT2D eigenvalue weighted by Crippen LogP contribution is -2.46. The van der Waals surface area contributed by atoms with Crippen LogP contribution in [-0.4, -0.2) is 55.2 Å². The van der Waals surface area contributed by atoms with Gasteiger partial charge >= 0.3 is 10.2 Å². The van der Waals surface area contributed by atoms with Crippen molar-refractivity contribution >= 4 is 21.8 Å². The van der Waals surface area contributed by atoms with Crippen LogP contribution in [0.2, 0.25) is 0 Å². The Morgan fingerprint density at radius 1 is 1.16 bits per heavy atom. The van der Waals surface area contributed by atoms with Gasteiger partial charge in [0.25, 0.3) is 0 Å². The van der Waals surface area contributed by atoms with Crippen molar-refractivity contribution in [2.24, 2.45) is 11.4 Å². The highest BCUT2D eigenvalue weighted by atomic mass is 32.2. The molecule has 0 saturated carbocycles. The van der Waals surface area contributed by atoms with Gasteiger partial charge in [-0.25, -0.2) is 4.31 Å². The Labute approximate surface area is 183 Å². The van der Waals surface area contributed by atoms with Gasteiger partial charge in [0.15, 0.2) is 0 Å². The Bertz CT molecular complexity index is 1120. The highest BCUT2D eigenvalue weighted by molar-refractivity contribution is 7.91. The van der Waals surface area contributed by atoms with Crippen LogP contribution in [-0.2, 0) is 49.4 Å². The average molecular weight is 443 g/mol. The van der Waals surface area contributed by atoms with Crippen molar-refractivity contribution in [3.63, 3.8) is 0 Å². The first-order valence-corrected chi connectivity index (χ1v) is 12.3. The minimum absolute atomic E-state index is 0.0685. The van der Waals surface area contributed by atoms with E-state index in [9.17, 15) is 13.5 Å². The van der Waals surface area contributed by atoms with Gasteiger partial charge in [-0.05, 0) is 92.4 Å². The van der Waals surface area contributed by atoms with Gasteiger partial charge < -0.3 is 10.0 Å². The third-order valence-corrected chi connectivity index (χ3v) is 8.34. The Morgan fingerprint density at radius 3 is 2.32 bits per heavy atom. The summed E-state index contributed by atoms with van der Waals surface area (Å²) in [6, 6.07) is 2.02. The summed E-state index contributed by atoms with van der Waals surface area (Å²) in [5.41, 5.74) is 6.58. The number of hydrogen-bond donors (Lipinski definition) is 0. The average Bonchev–Trinajstić information content (AvgIpc) is 3.05. The molecular formula is C22H28N5O3S-. The predicted octanol–water partition coefficient (Wildman–Crippen LogP) is 0.764. The zero-order valence-corrected chi connectivity index (χ0v) is 18.9. The Morgan fingerprint density at radius 2 is 1.81 bits per heavy atom. The van der Waals surface area contributed by atoms with E-state index in [-0.39, 0.29) is 12.5 Å². The van der Waals surface area contributed by atoms with Crippen LogP contribution in [0.25, 0.3) is 0 Å². The van der Waals surface area contributed by atoms with Crippen LogP contribution >= 0.6 is 0 Å². The van der Waals surface area contributed by atoms with Crippen molar-refractivity contribution in [3.05, 3.63) is 46.3 Å². The van der Waals surface area contributed by atoms with E-state index in [0.717, 1.165) is 44.3 Å². The molecule has 0 bridgehead atoms. The first kappa shape index (κ1) is 20.5. The zero-order chi connectivity index (χ0) is 21.8. The SMILES string of the molecule is CN1CCC(N(c2cnn(C)c2)S(=O)(=O)/N=C(\[O-])Cc2c3c(cc4c2CC4)CC3)CC1. The van der Waals surface area contributed by atoms with Crippen LogP contribution in [0.3, 0.4) is 0 Å².